The molecule has 3 N–H and O–H groups in total. The first kappa shape index (κ1) is 19.2. The smallest absolute Gasteiger partial charge is 0.291 e. The Morgan fingerprint density at radius 2 is 1.93 bits per heavy atom. The molecule has 1 aliphatic rings. The molecule has 2 aromatic carbocycles. The molecule has 0 saturated carbocycles. The standard InChI is InChI=1S/C23H25N3O3/c1-15-12-19(10-11-24-15)25-22(27)13-16-6-8-18(9-7-16)26-23(28)21-14-17-4-2-3-5-20(17)29-21/h2-9,14-15,19,24H,10-13H2,1H3,(H,25,27)(H,26,28). The zero-order valence-electron chi connectivity index (χ0n) is 16.4. The molecule has 6 nitrogen and oxygen atoms in total. The number of hydrogen-bond acceptors (Lipinski definition) is 4. The van der Waals surface area contributed by atoms with E-state index in [0.29, 0.717) is 23.7 Å². The molecule has 0 radical (unpaired) electrons. The van der Waals surface area contributed by atoms with Gasteiger partial charge in [-0.15, -0.1) is 0 Å². The summed E-state index contributed by atoms with van der Waals surface area (Å²) in [6.45, 7) is 3.07. The molecule has 1 fully saturated rings. The van der Waals surface area contributed by atoms with Crippen molar-refractivity contribution >= 4 is 28.5 Å². The lowest BCUT2D eigenvalue weighted by molar-refractivity contribution is -0.121. The van der Waals surface area contributed by atoms with Crippen LogP contribution in [0.2, 0.25) is 0 Å². The van der Waals surface area contributed by atoms with Gasteiger partial charge in [-0.1, -0.05) is 30.3 Å². The van der Waals surface area contributed by atoms with Crippen molar-refractivity contribution in [3.8, 4) is 0 Å². The monoisotopic (exact) mass is 391 g/mol. The molecule has 29 heavy (non-hydrogen) atoms. The Bertz CT molecular complexity index is 977. The van der Waals surface area contributed by atoms with E-state index in [0.717, 1.165) is 30.3 Å². The van der Waals surface area contributed by atoms with E-state index >= 15 is 0 Å². The van der Waals surface area contributed by atoms with E-state index < -0.39 is 0 Å². The first-order valence-corrected chi connectivity index (χ1v) is 9.98. The number of nitrogens with one attached hydrogen (secondary N) is 3. The minimum atomic E-state index is -0.299. The molecule has 0 bridgehead atoms. The molecular formula is C23H25N3O3. The maximum absolute atomic E-state index is 12.4. The number of carbonyl (C=O) groups is 2. The second kappa shape index (κ2) is 8.49. The van der Waals surface area contributed by atoms with Gasteiger partial charge >= 0.3 is 0 Å². The van der Waals surface area contributed by atoms with Crippen LogP contribution < -0.4 is 16.0 Å². The highest BCUT2D eigenvalue weighted by Crippen LogP contribution is 2.20. The van der Waals surface area contributed by atoms with Crippen molar-refractivity contribution in [2.24, 2.45) is 0 Å². The van der Waals surface area contributed by atoms with E-state index in [-0.39, 0.29) is 23.6 Å². The second-order valence-electron chi connectivity index (χ2n) is 7.62. The maximum Gasteiger partial charge on any atom is 0.291 e. The Morgan fingerprint density at radius 3 is 2.69 bits per heavy atom. The van der Waals surface area contributed by atoms with Crippen LogP contribution in [0.5, 0.6) is 0 Å². The van der Waals surface area contributed by atoms with E-state index in [1.165, 1.54) is 0 Å². The summed E-state index contributed by atoms with van der Waals surface area (Å²) in [4.78, 5) is 24.7. The Kier molecular flexibility index (Phi) is 5.62. The van der Waals surface area contributed by atoms with Crippen molar-refractivity contribution < 1.29 is 14.0 Å². The van der Waals surface area contributed by atoms with Gasteiger partial charge in [0.05, 0.1) is 6.42 Å². The molecule has 1 saturated heterocycles. The zero-order valence-corrected chi connectivity index (χ0v) is 16.4. The number of rotatable bonds is 5. The van der Waals surface area contributed by atoms with Gasteiger partial charge in [-0.2, -0.15) is 0 Å². The highest BCUT2D eigenvalue weighted by Gasteiger charge is 2.20. The van der Waals surface area contributed by atoms with Crippen molar-refractivity contribution in [1.82, 2.24) is 10.6 Å². The van der Waals surface area contributed by atoms with Crippen molar-refractivity contribution in [3.05, 3.63) is 65.9 Å². The van der Waals surface area contributed by atoms with Gasteiger partial charge in [0.15, 0.2) is 5.76 Å². The Balaban J connectivity index is 1.32. The number of anilines is 1. The molecule has 3 aromatic rings. The van der Waals surface area contributed by atoms with Crippen molar-refractivity contribution in [3.63, 3.8) is 0 Å². The average Bonchev–Trinajstić information content (AvgIpc) is 3.14. The van der Waals surface area contributed by atoms with E-state index in [4.69, 9.17) is 4.42 Å². The van der Waals surface area contributed by atoms with Crippen LogP contribution in [0.3, 0.4) is 0 Å². The van der Waals surface area contributed by atoms with E-state index in [2.05, 4.69) is 22.9 Å². The Morgan fingerprint density at radius 1 is 1.14 bits per heavy atom. The van der Waals surface area contributed by atoms with Gasteiger partial charge in [0.1, 0.15) is 5.58 Å². The lowest BCUT2D eigenvalue weighted by atomic mass is 10.0. The Labute approximate surface area is 169 Å². The molecule has 2 amide bonds. The fraction of sp³-hybridized carbons (Fsp3) is 0.304. The summed E-state index contributed by atoms with van der Waals surface area (Å²) in [5.74, 6) is 0.000682. The molecule has 1 aromatic heterocycles. The molecule has 0 spiro atoms. The van der Waals surface area contributed by atoms with Crippen LogP contribution in [-0.4, -0.2) is 30.4 Å². The van der Waals surface area contributed by atoms with E-state index in [9.17, 15) is 9.59 Å². The van der Waals surface area contributed by atoms with Gasteiger partial charge in [-0.25, -0.2) is 0 Å². The van der Waals surface area contributed by atoms with Gasteiger partial charge < -0.3 is 20.4 Å². The predicted octanol–water partition coefficient (Wildman–Crippen LogP) is 3.48. The van der Waals surface area contributed by atoms with Crippen LogP contribution in [0.15, 0.2) is 59.0 Å². The minimum Gasteiger partial charge on any atom is -0.451 e. The summed E-state index contributed by atoms with van der Waals surface area (Å²) < 4.78 is 5.59. The summed E-state index contributed by atoms with van der Waals surface area (Å²) >= 11 is 0. The predicted molar refractivity (Wildman–Crippen MR) is 113 cm³/mol. The third-order valence-corrected chi connectivity index (χ3v) is 5.21. The highest BCUT2D eigenvalue weighted by molar-refractivity contribution is 6.04. The summed E-state index contributed by atoms with van der Waals surface area (Å²) in [7, 11) is 0. The average molecular weight is 391 g/mol. The van der Waals surface area contributed by atoms with Crippen LogP contribution in [0, 0.1) is 0 Å². The molecule has 0 aliphatic carbocycles. The van der Waals surface area contributed by atoms with Gasteiger partial charge in [-0.05, 0) is 56.1 Å². The first-order chi connectivity index (χ1) is 14.1. The van der Waals surface area contributed by atoms with Crippen molar-refractivity contribution in [1.29, 1.82) is 0 Å². The SMILES string of the molecule is CC1CC(NC(=O)Cc2ccc(NC(=O)c3cc4ccccc4o3)cc2)CCN1. The summed E-state index contributed by atoms with van der Waals surface area (Å²) in [5, 5.41) is 10.2. The summed E-state index contributed by atoms with van der Waals surface area (Å²) in [5.41, 5.74) is 2.25. The number of fused-ring (bicyclic) bond motifs is 1. The number of para-hydroxylation sites is 1. The van der Waals surface area contributed by atoms with Gasteiger partial charge in [-0.3, -0.25) is 9.59 Å². The number of furan rings is 1. The summed E-state index contributed by atoms with van der Waals surface area (Å²) in [6, 6.07) is 17.2. The number of piperidine rings is 1. The van der Waals surface area contributed by atoms with Gasteiger partial charge in [0.2, 0.25) is 5.91 Å². The van der Waals surface area contributed by atoms with Crippen LogP contribution in [0.25, 0.3) is 11.0 Å². The largest absolute Gasteiger partial charge is 0.451 e. The molecule has 1 aliphatic heterocycles. The quantitative estimate of drug-likeness (QED) is 0.622. The molecule has 150 valence electrons. The van der Waals surface area contributed by atoms with Crippen LogP contribution in [0.1, 0.15) is 35.9 Å². The minimum absolute atomic E-state index is 0.0307. The Hall–Kier alpha value is -3.12. The molecule has 2 atom stereocenters. The van der Waals surface area contributed by atoms with Crippen LogP contribution >= 0.6 is 0 Å². The third kappa shape index (κ3) is 4.84. The first-order valence-electron chi connectivity index (χ1n) is 9.98. The third-order valence-electron chi connectivity index (χ3n) is 5.21. The number of amides is 2. The fourth-order valence-corrected chi connectivity index (χ4v) is 3.72. The molecule has 4 rings (SSSR count). The molecule has 2 unspecified atom stereocenters. The van der Waals surface area contributed by atoms with E-state index in [1.807, 2.05) is 36.4 Å². The number of carbonyl (C=O) groups excluding carboxylic acids is 2. The summed E-state index contributed by atoms with van der Waals surface area (Å²) in [6.07, 6.45) is 2.25. The lowest BCUT2D eigenvalue weighted by Crippen LogP contribution is -2.46. The number of benzene rings is 2. The van der Waals surface area contributed by atoms with Gasteiger partial charge in [0.25, 0.3) is 5.91 Å². The van der Waals surface area contributed by atoms with Crippen LogP contribution in [-0.2, 0) is 11.2 Å². The zero-order chi connectivity index (χ0) is 20.2. The molecule has 6 heteroatoms. The molecular weight excluding hydrogens is 366 g/mol. The lowest BCUT2D eigenvalue weighted by Gasteiger charge is -2.28. The van der Waals surface area contributed by atoms with Crippen LogP contribution in [0.4, 0.5) is 5.69 Å². The second-order valence-corrected chi connectivity index (χ2v) is 7.62. The van der Waals surface area contributed by atoms with Crippen molar-refractivity contribution in [2.45, 2.75) is 38.3 Å². The maximum atomic E-state index is 12.4. The number of hydrogen-bond donors (Lipinski definition) is 3. The molecule has 2 heterocycles. The van der Waals surface area contributed by atoms with E-state index in [1.54, 1.807) is 18.2 Å². The topological polar surface area (TPSA) is 83.4 Å². The normalized spacial score (nSPS) is 19.1. The highest BCUT2D eigenvalue weighted by atomic mass is 16.3. The van der Waals surface area contributed by atoms with Gasteiger partial charge in [0, 0.05) is 23.2 Å². The fourth-order valence-electron chi connectivity index (χ4n) is 3.72. The van der Waals surface area contributed by atoms with Crippen molar-refractivity contribution in [2.75, 3.05) is 11.9 Å².